The third-order valence-corrected chi connectivity index (χ3v) is 5.63. The number of carbonyl (C=O) groups excluding carboxylic acids is 1. The Hall–Kier alpha value is -1.35. The first-order chi connectivity index (χ1) is 11.1. The molecule has 1 atom stereocenters. The lowest BCUT2D eigenvalue weighted by atomic mass is 10.1. The third-order valence-electron chi connectivity index (χ3n) is 3.41. The fourth-order valence-electron chi connectivity index (χ4n) is 2.29. The second-order valence-corrected chi connectivity index (χ2v) is 7.55. The van der Waals surface area contributed by atoms with Gasteiger partial charge >= 0.3 is 0 Å². The van der Waals surface area contributed by atoms with Crippen molar-refractivity contribution in [3.05, 3.63) is 34.9 Å². The van der Waals surface area contributed by atoms with Gasteiger partial charge in [0, 0.05) is 17.1 Å². The quantitative estimate of drug-likeness (QED) is 0.832. The largest absolute Gasteiger partial charge is 0.374 e. The fourth-order valence-corrected chi connectivity index (χ4v) is 4.09. The van der Waals surface area contributed by atoms with Crippen molar-refractivity contribution < 1.29 is 9.53 Å². The van der Waals surface area contributed by atoms with Crippen LogP contribution in [0.15, 0.2) is 28.6 Å². The Kier molecular flexibility index (Phi) is 5.37. The minimum atomic E-state index is -0.191. The molecular weight excluding hydrogens is 356 g/mol. The van der Waals surface area contributed by atoms with Gasteiger partial charge in [-0.2, -0.15) is 0 Å². The van der Waals surface area contributed by atoms with E-state index in [-0.39, 0.29) is 12.0 Å². The van der Waals surface area contributed by atoms with Crippen LogP contribution in [0.5, 0.6) is 0 Å². The molecule has 0 spiro atoms. The van der Waals surface area contributed by atoms with Crippen molar-refractivity contribution in [3.63, 3.8) is 0 Å². The van der Waals surface area contributed by atoms with Crippen LogP contribution in [0.4, 0.5) is 5.13 Å². The summed E-state index contributed by atoms with van der Waals surface area (Å²) in [4.78, 5) is 14.2. The minimum Gasteiger partial charge on any atom is -0.374 e. The number of aromatic nitrogens is 2. The Balaban J connectivity index is 1.59. The van der Waals surface area contributed by atoms with Crippen LogP contribution in [-0.2, 0) is 9.53 Å². The van der Waals surface area contributed by atoms with Crippen molar-refractivity contribution >= 4 is 45.7 Å². The molecule has 1 aromatic carbocycles. The average molecular weight is 371 g/mol. The van der Waals surface area contributed by atoms with E-state index in [1.807, 2.05) is 24.3 Å². The third kappa shape index (κ3) is 4.14. The van der Waals surface area contributed by atoms with Crippen molar-refractivity contribution in [3.8, 4) is 0 Å². The first-order valence-corrected chi connectivity index (χ1v) is 9.17. The molecule has 0 saturated carbocycles. The zero-order valence-electron chi connectivity index (χ0n) is 12.1. The zero-order valence-corrected chi connectivity index (χ0v) is 14.5. The summed E-state index contributed by atoms with van der Waals surface area (Å²) in [5.41, 5.74) is 6.44. The van der Waals surface area contributed by atoms with Gasteiger partial charge < -0.3 is 15.4 Å². The number of thioether (sulfide) groups is 1. The molecule has 0 unspecified atom stereocenters. The number of hydrogen-bond donors (Lipinski definition) is 1. The van der Waals surface area contributed by atoms with Gasteiger partial charge in [-0.1, -0.05) is 52.9 Å². The number of morpholine rings is 1. The summed E-state index contributed by atoms with van der Waals surface area (Å²) < 4.78 is 6.47. The molecule has 1 aliphatic rings. The molecule has 6 nitrogen and oxygen atoms in total. The Morgan fingerprint density at radius 1 is 1.48 bits per heavy atom. The highest BCUT2D eigenvalue weighted by molar-refractivity contribution is 8.01. The molecule has 0 bridgehead atoms. The summed E-state index contributed by atoms with van der Waals surface area (Å²) >= 11 is 8.85. The Morgan fingerprint density at radius 3 is 3.04 bits per heavy atom. The van der Waals surface area contributed by atoms with Gasteiger partial charge in [0.25, 0.3) is 0 Å². The van der Waals surface area contributed by atoms with Crippen LogP contribution in [0.1, 0.15) is 11.7 Å². The highest BCUT2D eigenvalue weighted by Gasteiger charge is 2.26. The van der Waals surface area contributed by atoms with Crippen molar-refractivity contribution in [2.45, 2.75) is 10.4 Å². The maximum absolute atomic E-state index is 12.4. The molecule has 1 fully saturated rings. The molecule has 1 saturated heterocycles. The van der Waals surface area contributed by atoms with E-state index in [9.17, 15) is 4.79 Å². The number of halogens is 1. The number of anilines is 1. The number of carbonyl (C=O) groups is 1. The molecule has 122 valence electrons. The SMILES string of the molecule is Nc1nnc(SCC(=O)N2CCO[C@@H](c3ccccc3Cl)C2)s1. The van der Waals surface area contributed by atoms with Crippen LogP contribution in [-0.4, -0.2) is 46.5 Å². The van der Waals surface area contributed by atoms with E-state index >= 15 is 0 Å². The minimum absolute atomic E-state index is 0.0455. The summed E-state index contributed by atoms with van der Waals surface area (Å²) in [7, 11) is 0. The second-order valence-electron chi connectivity index (χ2n) is 4.92. The monoisotopic (exact) mass is 370 g/mol. The van der Waals surface area contributed by atoms with E-state index in [1.54, 1.807) is 4.90 Å². The van der Waals surface area contributed by atoms with E-state index in [0.717, 1.165) is 5.56 Å². The van der Waals surface area contributed by atoms with Gasteiger partial charge in [0.15, 0.2) is 4.34 Å². The fraction of sp³-hybridized carbons (Fsp3) is 0.357. The standard InChI is InChI=1S/C14H15ClN4O2S2/c15-10-4-2-1-3-9(10)11-7-19(5-6-21-11)12(20)8-22-14-18-17-13(16)23-14/h1-4,11H,5-8H2,(H2,16,17)/t11-/m1/s1. The summed E-state index contributed by atoms with van der Waals surface area (Å²) in [5.74, 6) is 0.355. The molecule has 2 N–H and O–H groups in total. The van der Waals surface area contributed by atoms with Crippen LogP contribution < -0.4 is 5.73 Å². The summed E-state index contributed by atoms with van der Waals surface area (Å²) in [5, 5.41) is 8.70. The van der Waals surface area contributed by atoms with E-state index in [2.05, 4.69) is 10.2 Å². The molecule has 2 heterocycles. The van der Waals surface area contributed by atoms with Crippen molar-refractivity contribution in [2.75, 3.05) is 31.2 Å². The number of nitrogens with zero attached hydrogens (tertiary/aromatic N) is 3. The lowest BCUT2D eigenvalue weighted by Crippen LogP contribution is -2.43. The van der Waals surface area contributed by atoms with Crippen molar-refractivity contribution in [2.24, 2.45) is 0 Å². The number of ether oxygens (including phenoxy) is 1. The lowest BCUT2D eigenvalue weighted by Gasteiger charge is -2.33. The topological polar surface area (TPSA) is 81.3 Å². The van der Waals surface area contributed by atoms with E-state index in [4.69, 9.17) is 22.1 Å². The predicted octanol–water partition coefficient (Wildman–Crippen LogP) is 2.47. The van der Waals surface area contributed by atoms with E-state index < -0.39 is 0 Å². The summed E-state index contributed by atoms with van der Waals surface area (Å²) in [6, 6.07) is 7.56. The first kappa shape index (κ1) is 16.5. The van der Waals surface area contributed by atoms with E-state index in [1.165, 1.54) is 23.1 Å². The molecule has 23 heavy (non-hydrogen) atoms. The van der Waals surface area contributed by atoms with Crippen molar-refractivity contribution in [1.29, 1.82) is 0 Å². The molecular formula is C14H15ClN4O2S2. The van der Waals surface area contributed by atoms with Gasteiger partial charge in [0.2, 0.25) is 11.0 Å². The van der Waals surface area contributed by atoms with Gasteiger partial charge in [-0.15, -0.1) is 10.2 Å². The van der Waals surface area contributed by atoms with Crippen LogP contribution >= 0.6 is 34.7 Å². The van der Waals surface area contributed by atoms with Crippen LogP contribution in [0.3, 0.4) is 0 Å². The van der Waals surface area contributed by atoms with Crippen LogP contribution in [0.2, 0.25) is 5.02 Å². The maximum atomic E-state index is 12.4. The van der Waals surface area contributed by atoms with Gasteiger partial charge in [0.1, 0.15) is 6.10 Å². The summed E-state index contributed by atoms with van der Waals surface area (Å²) in [6.07, 6.45) is -0.191. The van der Waals surface area contributed by atoms with Crippen LogP contribution in [0, 0.1) is 0 Å². The number of rotatable bonds is 4. The van der Waals surface area contributed by atoms with Crippen molar-refractivity contribution in [1.82, 2.24) is 15.1 Å². The average Bonchev–Trinajstić information content (AvgIpc) is 2.98. The van der Waals surface area contributed by atoms with E-state index in [0.29, 0.717) is 39.9 Å². The lowest BCUT2D eigenvalue weighted by molar-refractivity contribution is -0.136. The Morgan fingerprint density at radius 2 is 2.30 bits per heavy atom. The number of nitrogen functional groups attached to an aromatic ring is 1. The smallest absolute Gasteiger partial charge is 0.233 e. The molecule has 3 rings (SSSR count). The van der Waals surface area contributed by atoms with Gasteiger partial charge in [-0.25, -0.2) is 0 Å². The highest BCUT2D eigenvalue weighted by Crippen LogP contribution is 2.29. The highest BCUT2D eigenvalue weighted by atomic mass is 35.5. The number of amides is 1. The molecule has 1 aromatic heterocycles. The number of nitrogens with two attached hydrogens (primary N) is 1. The maximum Gasteiger partial charge on any atom is 0.233 e. The summed E-state index contributed by atoms with van der Waals surface area (Å²) in [6.45, 7) is 1.58. The molecule has 0 radical (unpaired) electrons. The second kappa shape index (κ2) is 7.48. The Labute approximate surface area is 147 Å². The van der Waals surface area contributed by atoms with Crippen LogP contribution in [0.25, 0.3) is 0 Å². The first-order valence-electron chi connectivity index (χ1n) is 6.99. The molecule has 2 aromatic rings. The van der Waals surface area contributed by atoms with Gasteiger partial charge in [-0.05, 0) is 6.07 Å². The van der Waals surface area contributed by atoms with Gasteiger partial charge in [0.05, 0.1) is 18.9 Å². The normalized spacial score (nSPS) is 18.1. The molecule has 1 amide bonds. The predicted molar refractivity (Wildman–Crippen MR) is 91.8 cm³/mol. The van der Waals surface area contributed by atoms with Gasteiger partial charge in [-0.3, -0.25) is 4.79 Å². The molecule has 9 heteroatoms. The Bertz CT molecular complexity index is 697. The molecule has 1 aliphatic heterocycles. The number of benzene rings is 1. The zero-order chi connectivity index (χ0) is 16.2. The number of hydrogen-bond acceptors (Lipinski definition) is 7. The molecule has 0 aliphatic carbocycles.